The second-order valence-electron chi connectivity index (χ2n) is 8.88. The molecule has 0 saturated carbocycles. The van der Waals surface area contributed by atoms with Gasteiger partial charge in [0.2, 0.25) is 0 Å². The van der Waals surface area contributed by atoms with Gasteiger partial charge in [-0.3, -0.25) is 9.88 Å². The van der Waals surface area contributed by atoms with E-state index >= 15 is 0 Å². The number of hydrogen-bond donors (Lipinski definition) is 2. The third-order valence-corrected chi connectivity index (χ3v) is 5.97. The number of aryl methyl sites for hydroxylation is 1. The van der Waals surface area contributed by atoms with Crippen LogP contribution in [0.1, 0.15) is 31.0 Å². The van der Waals surface area contributed by atoms with E-state index in [1.165, 1.54) is 0 Å². The smallest absolute Gasteiger partial charge is 0.416 e. The van der Waals surface area contributed by atoms with Crippen LogP contribution in [0, 0.1) is 6.92 Å². The molecule has 0 spiro atoms. The molecular weight excluding hydrogens is 431 g/mol. The van der Waals surface area contributed by atoms with E-state index in [-0.39, 0.29) is 12.4 Å². The summed E-state index contributed by atoms with van der Waals surface area (Å²) < 4.78 is 46.4. The van der Waals surface area contributed by atoms with Crippen LogP contribution in [0.5, 0.6) is 5.75 Å². The first-order valence-electron chi connectivity index (χ1n) is 11.0. The quantitative estimate of drug-likeness (QED) is 0.508. The summed E-state index contributed by atoms with van der Waals surface area (Å²) in [6.07, 6.45) is -3.15. The van der Waals surface area contributed by atoms with E-state index in [4.69, 9.17) is 4.74 Å². The summed E-state index contributed by atoms with van der Waals surface area (Å²) in [4.78, 5) is 6.63. The van der Waals surface area contributed by atoms with Crippen molar-refractivity contribution in [3.63, 3.8) is 0 Å². The number of halogens is 3. The molecule has 0 amide bonds. The molecular formula is C25H28F3N3O2. The molecule has 2 aromatic carbocycles. The van der Waals surface area contributed by atoms with Crippen molar-refractivity contribution >= 4 is 22.3 Å². The summed E-state index contributed by atoms with van der Waals surface area (Å²) in [5.74, 6) is 0.159. The highest BCUT2D eigenvalue weighted by Gasteiger charge is 2.32. The number of likely N-dealkylation sites (tertiary alicyclic amines) is 1. The summed E-state index contributed by atoms with van der Waals surface area (Å²) in [6.45, 7) is 5.99. The van der Waals surface area contributed by atoms with Crippen molar-refractivity contribution in [1.82, 2.24) is 9.88 Å². The highest BCUT2D eigenvalue weighted by Crippen LogP contribution is 2.36. The number of hydrogen-bond acceptors (Lipinski definition) is 5. The first-order chi connectivity index (χ1) is 15.6. The first-order valence-corrected chi connectivity index (χ1v) is 11.0. The van der Waals surface area contributed by atoms with Crippen molar-refractivity contribution in [2.24, 2.45) is 0 Å². The Hall–Kier alpha value is -2.84. The first kappa shape index (κ1) is 23.3. The van der Waals surface area contributed by atoms with E-state index in [2.05, 4.69) is 15.2 Å². The number of para-hydroxylation sites is 1. The van der Waals surface area contributed by atoms with Gasteiger partial charge in [0.1, 0.15) is 12.4 Å². The number of benzene rings is 2. The Kier molecular flexibility index (Phi) is 6.50. The zero-order chi connectivity index (χ0) is 23.6. The molecule has 0 atom stereocenters. The summed E-state index contributed by atoms with van der Waals surface area (Å²) in [5.41, 5.74) is 1.10. The lowest BCUT2D eigenvalue weighted by Crippen LogP contribution is -2.43. The SMILES string of the molecule is Cc1cc(Nc2cc(OCCN3CCC(C)(O)CC3)cc(C(F)(F)F)c2)c2ccccc2n1. The lowest BCUT2D eigenvalue weighted by atomic mass is 9.94. The van der Waals surface area contributed by atoms with Crippen LogP contribution in [0.4, 0.5) is 24.5 Å². The van der Waals surface area contributed by atoms with Gasteiger partial charge >= 0.3 is 6.18 Å². The number of alkyl halides is 3. The molecule has 0 bridgehead atoms. The number of nitrogens with one attached hydrogen (secondary N) is 1. The standard InChI is InChI=1S/C25H28F3N3O2/c1-17-13-23(21-5-3-4-6-22(21)29-17)30-19-14-18(25(26,27)28)15-20(16-19)33-12-11-31-9-7-24(2,32)8-10-31/h3-6,13-16,32H,7-12H2,1-2H3,(H,29,30). The molecule has 33 heavy (non-hydrogen) atoms. The van der Waals surface area contributed by atoms with Gasteiger partial charge in [-0.15, -0.1) is 0 Å². The highest BCUT2D eigenvalue weighted by atomic mass is 19.4. The molecule has 0 radical (unpaired) electrons. The van der Waals surface area contributed by atoms with Gasteiger partial charge in [0.05, 0.1) is 16.7 Å². The van der Waals surface area contributed by atoms with Crippen LogP contribution in [0.25, 0.3) is 10.9 Å². The van der Waals surface area contributed by atoms with Crippen LogP contribution in [0.2, 0.25) is 0 Å². The summed E-state index contributed by atoms with van der Waals surface area (Å²) in [7, 11) is 0. The number of anilines is 2. The zero-order valence-electron chi connectivity index (χ0n) is 18.7. The number of aromatic nitrogens is 1. The Balaban J connectivity index is 1.52. The minimum absolute atomic E-state index is 0.159. The molecule has 3 aromatic rings. The molecule has 2 N–H and O–H groups in total. The molecule has 2 heterocycles. The summed E-state index contributed by atoms with van der Waals surface area (Å²) in [5, 5.41) is 14.0. The van der Waals surface area contributed by atoms with Crippen molar-refractivity contribution < 1.29 is 23.0 Å². The molecule has 1 aromatic heterocycles. The Labute approximate surface area is 191 Å². The lowest BCUT2D eigenvalue weighted by Gasteiger charge is -2.35. The highest BCUT2D eigenvalue weighted by molar-refractivity contribution is 5.93. The largest absolute Gasteiger partial charge is 0.492 e. The number of pyridine rings is 1. The molecule has 0 unspecified atom stereocenters. The Morgan fingerprint density at radius 1 is 1.12 bits per heavy atom. The number of nitrogens with zero attached hydrogens (tertiary/aromatic N) is 2. The predicted molar refractivity (Wildman–Crippen MR) is 123 cm³/mol. The second-order valence-corrected chi connectivity index (χ2v) is 8.88. The Morgan fingerprint density at radius 2 is 1.85 bits per heavy atom. The van der Waals surface area contributed by atoms with Crippen molar-refractivity contribution in [2.75, 3.05) is 31.6 Å². The summed E-state index contributed by atoms with van der Waals surface area (Å²) >= 11 is 0. The van der Waals surface area contributed by atoms with E-state index in [1.54, 1.807) is 6.07 Å². The van der Waals surface area contributed by atoms with E-state index in [1.807, 2.05) is 44.2 Å². The van der Waals surface area contributed by atoms with Crippen molar-refractivity contribution in [1.29, 1.82) is 0 Å². The number of rotatable bonds is 6. The maximum atomic E-state index is 13.6. The third kappa shape index (κ3) is 5.94. The Morgan fingerprint density at radius 3 is 2.58 bits per heavy atom. The fourth-order valence-corrected chi connectivity index (χ4v) is 4.04. The lowest BCUT2D eigenvalue weighted by molar-refractivity contribution is -0.137. The van der Waals surface area contributed by atoms with Crippen LogP contribution < -0.4 is 10.1 Å². The van der Waals surface area contributed by atoms with E-state index in [9.17, 15) is 18.3 Å². The fourth-order valence-electron chi connectivity index (χ4n) is 4.04. The van der Waals surface area contributed by atoms with Gasteiger partial charge in [0.25, 0.3) is 0 Å². The van der Waals surface area contributed by atoms with E-state index < -0.39 is 17.3 Å². The third-order valence-electron chi connectivity index (χ3n) is 5.97. The van der Waals surface area contributed by atoms with Crippen LogP contribution >= 0.6 is 0 Å². The predicted octanol–water partition coefficient (Wildman–Crippen LogP) is 5.53. The minimum atomic E-state index is -4.50. The van der Waals surface area contributed by atoms with Crippen LogP contribution in [0.15, 0.2) is 48.5 Å². The van der Waals surface area contributed by atoms with Crippen molar-refractivity contribution in [2.45, 2.75) is 38.5 Å². The van der Waals surface area contributed by atoms with Crippen molar-refractivity contribution in [3.8, 4) is 5.75 Å². The summed E-state index contributed by atoms with van der Waals surface area (Å²) in [6, 6.07) is 13.0. The van der Waals surface area contributed by atoms with E-state index in [0.717, 1.165) is 41.8 Å². The van der Waals surface area contributed by atoms with Crippen LogP contribution in [0.3, 0.4) is 0 Å². The topological polar surface area (TPSA) is 57.6 Å². The Bertz CT molecular complexity index is 1120. The van der Waals surface area contributed by atoms with Gasteiger partial charge in [-0.2, -0.15) is 13.2 Å². The van der Waals surface area contributed by atoms with Gasteiger partial charge in [0.15, 0.2) is 0 Å². The molecule has 0 aliphatic carbocycles. The monoisotopic (exact) mass is 459 g/mol. The maximum Gasteiger partial charge on any atom is 0.416 e. The molecule has 1 aliphatic heterocycles. The van der Waals surface area contributed by atoms with Gasteiger partial charge < -0.3 is 15.2 Å². The molecule has 176 valence electrons. The molecule has 1 aliphatic rings. The number of piperidine rings is 1. The average Bonchev–Trinajstić information content (AvgIpc) is 2.74. The van der Waals surface area contributed by atoms with Gasteiger partial charge in [-0.25, -0.2) is 0 Å². The molecule has 5 nitrogen and oxygen atoms in total. The van der Waals surface area contributed by atoms with Crippen LogP contribution in [-0.2, 0) is 6.18 Å². The normalized spacial score (nSPS) is 16.7. The second kappa shape index (κ2) is 9.19. The van der Waals surface area contributed by atoms with Crippen molar-refractivity contribution in [3.05, 3.63) is 59.8 Å². The molecule has 1 fully saturated rings. The number of aliphatic hydroxyl groups is 1. The number of ether oxygens (including phenoxy) is 1. The van der Waals surface area contributed by atoms with E-state index in [0.29, 0.717) is 30.8 Å². The molecule has 4 rings (SSSR count). The number of fused-ring (bicyclic) bond motifs is 1. The average molecular weight is 460 g/mol. The van der Waals surface area contributed by atoms with Gasteiger partial charge in [0, 0.05) is 48.2 Å². The zero-order valence-corrected chi connectivity index (χ0v) is 18.7. The fraction of sp³-hybridized carbons (Fsp3) is 0.400. The minimum Gasteiger partial charge on any atom is -0.492 e. The molecule has 1 saturated heterocycles. The van der Waals surface area contributed by atoms with Crippen LogP contribution in [-0.4, -0.2) is 46.8 Å². The maximum absolute atomic E-state index is 13.6. The molecule has 8 heteroatoms. The van der Waals surface area contributed by atoms with Gasteiger partial charge in [-0.1, -0.05) is 18.2 Å². The van der Waals surface area contributed by atoms with Gasteiger partial charge in [-0.05, 0) is 51.0 Å².